The number of urea groups is 1. The van der Waals surface area contributed by atoms with Crippen LogP contribution in [0.3, 0.4) is 0 Å². The van der Waals surface area contributed by atoms with E-state index in [2.05, 4.69) is 21.0 Å². The summed E-state index contributed by atoms with van der Waals surface area (Å²) in [6.07, 6.45) is -0.517. The van der Waals surface area contributed by atoms with Crippen molar-refractivity contribution in [1.82, 2.24) is 20.4 Å². The van der Waals surface area contributed by atoms with Gasteiger partial charge in [0.2, 0.25) is 0 Å². The number of benzene rings is 1. The highest BCUT2D eigenvalue weighted by Gasteiger charge is 2.15. The first kappa shape index (κ1) is 19.3. The molecule has 1 aromatic carbocycles. The molecule has 0 spiro atoms. The lowest BCUT2D eigenvalue weighted by molar-refractivity contribution is 0.0528. The second-order valence-corrected chi connectivity index (χ2v) is 6.71. The number of hydrogen-bond donors (Lipinski definition) is 3. The predicted molar refractivity (Wildman–Crippen MR) is 99.9 cm³/mol. The van der Waals surface area contributed by atoms with E-state index in [1.807, 2.05) is 37.4 Å². The normalized spacial score (nSPS) is 10.9. The Labute approximate surface area is 152 Å². The van der Waals surface area contributed by atoms with Crippen LogP contribution >= 0.6 is 0 Å². The number of nitrogens with zero attached hydrogens (tertiary/aromatic N) is 2. The lowest BCUT2D eigenvalue weighted by atomic mass is 10.1. The van der Waals surface area contributed by atoms with Crippen LogP contribution in [0, 0.1) is 0 Å². The number of ether oxygens (including phenoxy) is 1. The summed E-state index contributed by atoms with van der Waals surface area (Å²) in [6, 6.07) is 11.2. The first-order valence-electron chi connectivity index (χ1n) is 8.36. The Hall–Kier alpha value is -3.03. The van der Waals surface area contributed by atoms with Crippen molar-refractivity contribution >= 4 is 17.9 Å². The van der Waals surface area contributed by atoms with Gasteiger partial charge in [0, 0.05) is 26.2 Å². The molecule has 0 aliphatic heterocycles. The van der Waals surface area contributed by atoms with Gasteiger partial charge in [-0.3, -0.25) is 10.00 Å². The van der Waals surface area contributed by atoms with Gasteiger partial charge in [-0.1, -0.05) is 30.3 Å². The molecule has 1 heterocycles. The van der Waals surface area contributed by atoms with Crippen LogP contribution in [0.5, 0.6) is 0 Å². The number of rotatable bonds is 5. The summed E-state index contributed by atoms with van der Waals surface area (Å²) in [7, 11) is 1.82. The molecule has 0 fully saturated rings. The number of aromatic nitrogens is 2. The van der Waals surface area contributed by atoms with Crippen LogP contribution in [0.15, 0.2) is 36.4 Å². The maximum atomic E-state index is 11.9. The van der Waals surface area contributed by atoms with Gasteiger partial charge < -0.3 is 15.4 Å². The molecular weight excluding hydrogens is 334 g/mol. The third kappa shape index (κ3) is 6.12. The summed E-state index contributed by atoms with van der Waals surface area (Å²) < 4.78 is 6.81. The Bertz CT molecular complexity index is 750. The third-order valence-corrected chi connectivity index (χ3v) is 3.27. The molecule has 2 aromatic rings. The van der Waals surface area contributed by atoms with E-state index in [0.717, 1.165) is 11.3 Å². The van der Waals surface area contributed by atoms with E-state index < -0.39 is 17.7 Å². The van der Waals surface area contributed by atoms with Crippen molar-refractivity contribution in [1.29, 1.82) is 0 Å². The number of carbonyl (C=O) groups is 2. The van der Waals surface area contributed by atoms with Crippen molar-refractivity contribution in [2.45, 2.75) is 26.4 Å². The number of anilines is 1. The zero-order valence-corrected chi connectivity index (χ0v) is 15.5. The highest BCUT2D eigenvalue weighted by molar-refractivity contribution is 5.88. The molecule has 3 amide bonds. The number of amides is 3. The Kier molecular flexibility index (Phi) is 6.21. The molecular formula is C18H25N5O3. The van der Waals surface area contributed by atoms with Gasteiger partial charge in [0.1, 0.15) is 5.60 Å². The van der Waals surface area contributed by atoms with Crippen LogP contribution in [0.25, 0.3) is 11.3 Å². The molecule has 0 aliphatic rings. The number of carbonyl (C=O) groups excluding carboxylic acids is 2. The molecule has 0 unspecified atom stereocenters. The number of alkyl carbamates (subject to hydrolysis) is 1. The minimum atomic E-state index is -0.551. The Morgan fingerprint density at radius 1 is 1.12 bits per heavy atom. The van der Waals surface area contributed by atoms with Gasteiger partial charge in [0.05, 0.1) is 5.69 Å². The molecule has 140 valence electrons. The van der Waals surface area contributed by atoms with E-state index in [1.54, 1.807) is 31.5 Å². The molecule has 8 heteroatoms. The smallest absolute Gasteiger partial charge is 0.407 e. The van der Waals surface area contributed by atoms with Crippen molar-refractivity contribution in [3.05, 3.63) is 36.4 Å². The first-order valence-corrected chi connectivity index (χ1v) is 8.36. The van der Waals surface area contributed by atoms with E-state index >= 15 is 0 Å². The molecule has 2 rings (SSSR count). The van der Waals surface area contributed by atoms with E-state index in [1.165, 1.54) is 0 Å². The summed E-state index contributed by atoms with van der Waals surface area (Å²) in [5.41, 5.74) is 1.36. The van der Waals surface area contributed by atoms with Gasteiger partial charge >= 0.3 is 12.1 Å². The predicted octanol–water partition coefficient (Wildman–Crippen LogP) is 2.73. The van der Waals surface area contributed by atoms with Gasteiger partial charge in [-0.2, -0.15) is 5.10 Å². The molecule has 26 heavy (non-hydrogen) atoms. The van der Waals surface area contributed by atoms with Crippen molar-refractivity contribution in [2.24, 2.45) is 7.05 Å². The lowest BCUT2D eigenvalue weighted by Gasteiger charge is -2.19. The fourth-order valence-electron chi connectivity index (χ4n) is 2.22. The summed E-state index contributed by atoms with van der Waals surface area (Å²) in [6.45, 7) is 5.89. The minimum Gasteiger partial charge on any atom is -0.444 e. The summed E-state index contributed by atoms with van der Waals surface area (Å²) in [5.74, 6) is 0.448. The van der Waals surface area contributed by atoms with Gasteiger partial charge in [0.15, 0.2) is 5.82 Å². The minimum absolute atomic E-state index is 0.264. The highest BCUT2D eigenvalue weighted by atomic mass is 16.6. The van der Waals surface area contributed by atoms with Crippen molar-refractivity contribution in [2.75, 3.05) is 18.4 Å². The Morgan fingerprint density at radius 3 is 2.42 bits per heavy atom. The maximum absolute atomic E-state index is 11.9. The topological polar surface area (TPSA) is 97.3 Å². The van der Waals surface area contributed by atoms with E-state index in [0.29, 0.717) is 5.82 Å². The average Bonchev–Trinajstić information content (AvgIpc) is 2.91. The van der Waals surface area contributed by atoms with Crippen LogP contribution in [-0.4, -0.2) is 40.6 Å². The number of hydrogen-bond acceptors (Lipinski definition) is 4. The standard InChI is InChI=1S/C18H25N5O3/c1-18(2,3)26-17(25)20-11-10-19-16(24)21-15-12-14(23(4)22-15)13-8-6-5-7-9-13/h5-9,12H,10-11H2,1-4H3,(H,20,25)(H2,19,21,22,24). The van der Waals surface area contributed by atoms with Crippen LogP contribution in [0.2, 0.25) is 0 Å². The SMILES string of the molecule is Cn1nc(NC(=O)NCCNC(=O)OC(C)(C)C)cc1-c1ccccc1. The molecule has 0 saturated carbocycles. The molecule has 0 bridgehead atoms. The fraction of sp³-hybridized carbons (Fsp3) is 0.389. The van der Waals surface area contributed by atoms with Gasteiger partial charge in [-0.25, -0.2) is 9.59 Å². The number of aryl methyl sites for hydroxylation is 1. The average molecular weight is 359 g/mol. The monoisotopic (exact) mass is 359 g/mol. The molecule has 8 nitrogen and oxygen atoms in total. The second-order valence-electron chi connectivity index (χ2n) is 6.71. The first-order chi connectivity index (χ1) is 12.2. The summed E-state index contributed by atoms with van der Waals surface area (Å²) >= 11 is 0. The molecule has 0 atom stereocenters. The van der Waals surface area contributed by atoms with Gasteiger partial charge in [-0.15, -0.1) is 0 Å². The van der Waals surface area contributed by atoms with Gasteiger partial charge in [-0.05, 0) is 26.3 Å². The Morgan fingerprint density at radius 2 is 1.77 bits per heavy atom. The third-order valence-electron chi connectivity index (χ3n) is 3.27. The van der Waals surface area contributed by atoms with Crippen molar-refractivity contribution in [3.63, 3.8) is 0 Å². The summed E-state index contributed by atoms with van der Waals surface area (Å²) in [4.78, 5) is 23.4. The quantitative estimate of drug-likeness (QED) is 0.715. The molecule has 1 aromatic heterocycles. The van der Waals surface area contributed by atoms with Crippen LogP contribution in [0.4, 0.5) is 15.4 Å². The molecule has 0 radical (unpaired) electrons. The summed E-state index contributed by atoms with van der Waals surface area (Å²) in [5, 5.41) is 12.2. The van der Waals surface area contributed by atoms with Crippen LogP contribution < -0.4 is 16.0 Å². The van der Waals surface area contributed by atoms with Gasteiger partial charge in [0.25, 0.3) is 0 Å². The van der Waals surface area contributed by atoms with E-state index in [-0.39, 0.29) is 13.1 Å². The van der Waals surface area contributed by atoms with Crippen LogP contribution in [0.1, 0.15) is 20.8 Å². The van der Waals surface area contributed by atoms with E-state index in [4.69, 9.17) is 4.74 Å². The zero-order chi connectivity index (χ0) is 19.2. The van der Waals surface area contributed by atoms with Crippen LogP contribution in [-0.2, 0) is 11.8 Å². The molecule has 3 N–H and O–H groups in total. The molecule has 0 saturated heterocycles. The van der Waals surface area contributed by atoms with Crippen molar-refractivity contribution in [3.8, 4) is 11.3 Å². The molecule has 0 aliphatic carbocycles. The van der Waals surface area contributed by atoms with E-state index in [9.17, 15) is 9.59 Å². The lowest BCUT2D eigenvalue weighted by Crippen LogP contribution is -2.39. The Balaban J connectivity index is 1.77. The largest absolute Gasteiger partial charge is 0.444 e. The second kappa shape index (κ2) is 8.37. The van der Waals surface area contributed by atoms with Crippen molar-refractivity contribution < 1.29 is 14.3 Å². The fourth-order valence-corrected chi connectivity index (χ4v) is 2.22. The highest BCUT2D eigenvalue weighted by Crippen LogP contribution is 2.21. The number of nitrogens with one attached hydrogen (secondary N) is 3. The maximum Gasteiger partial charge on any atom is 0.407 e. The zero-order valence-electron chi connectivity index (χ0n) is 15.5.